The lowest BCUT2D eigenvalue weighted by Gasteiger charge is -2.09. The number of carbonyl (C=O) groups excluding carboxylic acids is 1. The molecular formula is C17H16ClN5O2. The van der Waals surface area contributed by atoms with Crippen molar-refractivity contribution in [1.82, 2.24) is 15.1 Å². The third-order valence-electron chi connectivity index (χ3n) is 3.54. The second-order valence-corrected chi connectivity index (χ2v) is 6.09. The first-order valence-corrected chi connectivity index (χ1v) is 7.98. The first-order valence-electron chi connectivity index (χ1n) is 7.60. The number of nitrogens with two attached hydrogens (primary N) is 1. The van der Waals surface area contributed by atoms with Crippen molar-refractivity contribution in [3.05, 3.63) is 53.0 Å². The standard InChI is InChI=1S/C17H16ClN5O2/c1-9(2)15-11(7-21-25-15)17(24)23-13-8-20-14(16(19)22-13)10-5-3-4-6-12(10)18/h3-9H,1-2H3,(H3,19,22,23,24). The molecule has 0 bridgehead atoms. The van der Waals surface area contributed by atoms with E-state index in [2.05, 4.69) is 20.4 Å². The number of rotatable bonds is 4. The highest BCUT2D eigenvalue weighted by Crippen LogP contribution is 2.29. The quantitative estimate of drug-likeness (QED) is 0.736. The van der Waals surface area contributed by atoms with Crippen molar-refractivity contribution in [2.75, 3.05) is 11.1 Å². The van der Waals surface area contributed by atoms with Gasteiger partial charge in [-0.15, -0.1) is 0 Å². The maximum Gasteiger partial charge on any atom is 0.262 e. The summed E-state index contributed by atoms with van der Waals surface area (Å²) < 4.78 is 5.11. The van der Waals surface area contributed by atoms with E-state index in [9.17, 15) is 4.79 Å². The molecule has 25 heavy (non-hydrogen) atoms. The zero-order valence-electron chi connectivity index (χ0n) is 13.7. The van der Waals surface area contributed by atoms with Crippen LogP contribution in [0.1, 0.15) is 35.9 Å². The summed E-state index contributed by atoms with van der Waals surface area (Å²) in [5.74, 6) is 0.548. The first kappa shape index (κ1) is 16.9. The van der Waals surface area contributed by atoms with Gasteiger partial charge in [-0.1, -0.05) is 48.8 Å². The number of anilines is 2. The number of hydrogen-bond acceptors (Lipinski definition) is 6. The normalized spacial score (nSPS) is 10.9. The second-order valence-electron chi connectivity index (χ2n) is 5.68. The van der Waals surface area contributed by atoms with Crippen molar-refractivity contribution in [3.8, 4) is 11.3 Å². The van der Waals surface area contributed by atoms with E-state index in [-0.39, 0.29) is 23.5 Å². The summed E-state index contributed by atoms with van der Waals surface area (Å²) in [6.07, 6.45) is 2.80. The predicted molar refractivity (Wildman–Crippen MR) is 95.4 cm³/mol. The molecule has 0 atom stereocenters. The highest BCUT2D eigenvalue weighted by Gasteiger charge is 2.20. The fourth-order valence-corrected chi connectivity index (χ4v) is 2.57. The highest BCUT2D eigenvalue weighted by atomic mass is 35.5. The maximum atomic E-state index is 12.4. The Hall–Kier alpha value is -2.93. The number of nitrogens with one attached hydrogen (secondary N) is 1. The minimum atomic E-state index is -0.385. The molecule has 0 saturated heterocycles. The van der Waals surface area contributed by atoms with Crippen LogP contribution in [0.4, 0.5) is 11.6 Å². The number of aromatic nitrogens is 3. The van der Waals surface area contributed by atoms with Crippen molar-refractivity contribution < 1.29 is 9.32 Å². The molecule has 3 rings (SSSR count). The summed E-state index contributed by atoms with van der Waals surface area (Å²) in [7, 11) is 0. The summed E-state index contributed by atoms with van der Waals surface area (Å²) in [4.78, 5) is 20.8. The molecule has 128 valence electrons. The smallest absolute Gasteiger partial charge is 0.262 e. The van der Waals surface area contributed by atoms with Crippen molar-refractivity contribution in [2.45, 2.75) is 19.8 Å². The number of halogens is 1. The van der Waals surface area contributed by atoms with E-state index in [1.807, 2.05) is 26.0 Å². The molecule has 0 aliphatic carbocycles. The van der Waals surface area contributed by atoms with Crippen LogP contribution in [0.15, 0.2) is 41.2 Å². The fourth-order valence-electron chi connectivity index (χ4n) is 2.34. The first-order chi connectivity index (χ1) is 12.0. The number of benzene rings is 1. The Labute approximate surface area is 149 Å². The number of nitrogens with zero attached hydrogens (tertiary/aromatic N) is 3. The summed E-state index contributed by atoms with van der Waals surface area (Å²) in [6, 6.07) is 7.19. The topological polar surface area (TPSA) is 107 Å². The van der Waals surface area contributed by atoms with Crippen LogP contribution in [0.3, 0.4) is 0 Å². The largest absolute Gasteiger partial charge is 0.382 e. The van der Waals surface area contributed by atoms with Gasteiger partial charge in [0, 0.05) is 11.5 Å². The maximum absolute atomic E-state index is 12.4. The zero-order chi connectivity index (χ0) is 18.0. The fraction of sp³-hybridized carbons (Fsp3) is 0.176. The van der Waals surface area contributed by atoms with Gasteiger partial charge in [0.1, 0.15) is 11.3 Å². The molecule has 0 radical (unpaired) electrons. The van der Waals surface area contributed by atoms with Crippen LogP contribution in [0.5, 0.6) is 0 Å². The molecule has 2 aromatic heterocycles. The monoisotopic (exact) mass is 357 g/mol. The molecule has 0 spiro atoms. The number of hydrogen-bond donors (Lipinski definition) is 2. The summed E-state index contributed by atoms with van der Waals surface area (Å²) in [6.45, 7) is 3.82. The Bertz CT molecular complexity index is 923. The van der Waals surface area contributed by atoms with Crippen LogP contribution in [0.25, 0.3) is 11.3 Å². The number of carbonyl (C=O) groups is 1. The Kier molecular flexibility index (Phi) is 4.67. The van der Waals surface area contributed by atoms with Crippen LogP contribution in [-0.2, 0) is 0 Å². The van der Waals surface area contributed by atoms with Crippen molar-refractivity contribution in [2.24, 2.45) is 0 Å². The third-order valence-corrected chi connectivity index (χ3v) is 3.87. The number of amides is 1. The third kappa shape index (κ3) is 3.46. The van der Waals surface area contributed by atoms with E-state index in [0.717, 1.165) is 0 Å². The van der Waals surface area contributed by atoms with Gasteiger partial charge < -0.3 is 15.6 Å². The minimum absolute atomic E-state index is 0.0296. The van der Waals surface area contributed by atoms with Crippen molar-refractivity contribution >= 4 is 29.1 Å². The molecule has 0 unspecified atom stereocenters. The molecule has 0 aliphatic rings. The van der Waals surface area contributed by atoms with Crippen LogP contribution in [-0.4, -0.2) is 21.0 Å². The van der Waals surface area contributed by atoms with Gasteiger partial charge >= 0.3 is 0 Å². The molecule has 3 aromatic rings. The van der Waals surface area contributed by atoms with Gasteiger partial charge in [-0.2, -0.15) is 0 Å². The molecule has 0 saturated carbocycles. The van der Waals surface area contributed by atoms with Gasteiger partial charge in [0.2, 0.25) is 0 Å². The van der Waals surface area contributed by atoms with Gasteiger partial charge in [0.05, 0.1) is 17.4 Å². The van der Waals surface area contributed by atoms with Gasteiger partial charge in [-0.05, 0) is 6.07 Å². The Balaban J connectivity index is 1.85. The molecule has 2 heterocycles. The van der Waals surface area contributed by atoms with Crippen LogP contribution < -0.4 is 11.1 Å². The molecule has 1 amide bonds. The minimum Gasteiger partial charge on any atom is -0.382 e. The SMILES string of the molecule is CC(C)c1oncc1C(=O)Nc1cnc(-c2ccccc2Cl)c(N)n1. The zero-order valence-corrected chi connectivity index (χ0v) is 14.4. The van der Waals surface area contributed by atoms with Crippen molar-refractivity contribution in [3.63, 3.8) is 0 Å². The van der Waals surface area contributed by atoms with E-state index in [4.69, 9.17) is 21.9 Å². The predicted octanol–water partition coefficient (Wildman–Crippen LogP) is 3.74. The van der Waals surface area contributed by atoms with E-state index < -0.39 is 0 Å². The Morgan fingerprint density at radius 1 is 1.28 bits per heavy atom. The summed E-state index contributed by atoms with van der Waals surface area (Å²) in [5, 5.41) is 6.84. The second kappa shape index (κ2) is 6.90. The van der Waals surface area contributed by atoms with Crippen molar-refractivity contribution in [1.29, 1.82) is 0 Å². The van der Waals surface area contributed by atoms with Gasteiger partial charge in [-0.3, -0.25) is 4.79 Å². The van der Waals surface area contributed by atoms with E-state index >= 15 is 0 Å². The molecular weight excluding hydrogens is 342 g/mol. The lowest BCUT2D eigenvalue weighted by molar-refractivity contribution is 0.102. The number of nitrogen functional groups attached to an aromatic ring is 1. The molecule has 3 N–H and O–H groups in total. The average Bonchev–Trinajstić information content (AvgIpc) is 3.06. The van der Waals surface area contributed by atoms with E-state index in [1.54, 1.807) is 12.1 Å². The van der Waals surface area contributed by atoms with Crippen LogP contribution in [0, 0.1) is 0 Å². The van der Waals surface area contributed by atoms with E-state index in [0.29, 0.717) is 27.6 Å². The summed E-state index contributed by atoms with van der Waals surface area (Å²) in [5.41, 5.74) is 7.46. The highest BCUT2D eigenvalue weighted by molar-refractivity contribution is 6.33. The van der Waals surface area contributed by atoms with Gasteiger partial charge in [-0.25, -0.2) is 9.97 Å². The molecule has 0 aliphatic heterocycles. The lowest BCUT2D eigenvalue weighted by atomic mass is 10.1. The Morgan fingerprint density at radius 2 is 2.04 bits per heavy atom. The van der Waals surface area contributed by atoms with Crippen LogP contribution in [0.2, 0.25) is 5.02 Å². The van der Waals surface area contributed by atoms with Gasteiger partial charge in [0.15, 0.2) is 17.4 Å². The Morgan fingerprint density at radius 3 is 2.72 bits per heavy atom. The molecule has 8 heteroatoms. The molecule has 0 fully saturated rings. The lowest BCUT2D eigenvalue weighted by Crippen LogP contribution is -2.15. The van der Waals surface area contributed by atoms with E-state index in [1.165, 1.54) is 12.4 Å². The summed E-state index contributed by atoms with van der Waals surface area (Å²) >= 11 is 6.16. The van der Waals surface area contributed by atoms with Gasteiger partial charge in [0.25, 0.3) is 5.91 Å². The molecule has 7 nitrogen and oxygen atoms in total. The average molecular weight is 358 g/mol. The molecule has 1 aromatic carbocycles. The van der Waals surface area contributed by atoms with Crippen LogP contribution >= 0.6 is 11.6 Å².